The number of phosphoric acid groups is 1. The van der Waals surface area contributed by atoms with Gasteiger partial charge in [0.1, 0.15) is 13.2 Å². The summed E-state index contributed by atoms with van der Waals surface area (Å²) in [6.45, 7) is 4.67. The molecule has 0 bridgehead atoms. The molecule has 0 fully saturated rings. The molecule has 0 aromatic rings. The van der Waals surface area contributed by atoms with Crippen molar-refractivity contribution in [3.05, 3.63) is 134 Å². The van der Waals surface area contributed by atoms with E-state index in [1.54, 1.807) is 6.08 Å². The second-order valence-corrected chi connectivity index (χ2v) is 23.8. The van der Waals surface area contributed by atoms with Crippen LogP contribution in [0.3, 0.4) is 0 Å². The molecule has 3 N–H and O–H groups in total. The Balaban J connectivity index is 4.18. The Kier molecular flexibility index (Phi) is 56.7. The first-order valence-corrected chi connectivity index (χ1v) is 33.6. The van der Waals surface area contributed by atoms with Crippen molar-refractivity contribution in [2.75, 3.05) is 40.9 Å². The van der Waals surface area contributed by atoms with Crippen LogP contribution in [-0.2, 0) is 18.4 Å². The number of aliphatic hydroxyl groups is 1. The molecule has 1 amide bonds. The van der Waals surface area contributed by atoms with Gasteiger partial charge in [0.15, 0.2) is 0 Å². The molecule has 3 unspecified atom stereocenters. The van der Waals surface area contributed by atoms with Gasteiger partial charge in [-0.05, 0) is 109 Å². The lowest BCUT2D eigenvalue weighted by atomic mass is 10.0. The van der Waals surface area contributed by atoms with E-state index in [-0.39, 0.29) is 19.1 Å². The number of carbonyl (C=O) groups excluding carboxylic acids is 1. The van der Waals surface area contributed by atoms with Crippen molar-refractivity contribution < 1.29 is 32.9 Å². The molecule has 0 aromatic heterocycles. The number of aliphatic hydroxyl groups excluding tert-OH is 1. The summed E-state index contributed by atoms with van der Waals surface area (Å²) in [5.41, 5.74) is 0. The van der Waals surface area contributed by atoms with Crippen LogP contribution in [0.25, 0.3) is 0 Å². The minimum atomic E-state index is -4.37. The van der Waals surface area contributed by atoms with Crippen LogP contribution < -0.4 is 5.32 Å². The van der Waals surface area contributed by atoms with Crippen molar-refractivity contribution in [1.29, 1.82) is 0 Å². The highest BCUT2D eigenvalue weighted by molar-refractivity contribution is 7.47. The number of quaternary nitrogens is 1. The Bertz CT molecular complexity index is 1750. The first-order chi connectivity index (χ1) is 38.5. The van der Waals surface area contributed by atoms with Gasteiger partial charge in [-0.3, -0.25) is 13.8 Å². The lowest BCUT2D eigenvalue weighted by Crippen LogP contribution is -2.45. The monoisotopic (exact) mass is 1120 g/mol. The second-order valence-electron chi connectivity index (χ2n) is 22.4. The van der Waals surface area contributed by atoms with Crippen molar-refractivity contribution in [2.45, 2.75) is 264 Å². The molecule has 9 heteroatoms. The highest BCUT2D eigenvalue weighted by Gasteiger charge is 2.27. The number of amides is 1. The number of hydrogen-bond donors (Lipinski definition) is 3. The smallest absolute Gasteiger partial charge is 0.387 e. The Morgan fingerprint density at radius 3 is 1.16 bits per heavy atom. The van der Waals surface area contributed by atoms with Crippen molar-refractivity contribution >= 4 is 13.7 Å². The van der Waals surface area contributed by atoms with Crippen LogP contribution in [0.2, 0.25) is 0 Å². The maximum atomic E-state index is 13.0. The number of unbranched alkanes of at least 4 members (excludes halogenated alkanes) is 24. The fraction of sp³-hybridized carbons (Fsp3) is 0.671. The fourth-order valence-corrected chi connectivity index (χ4v) is 9.36. The molecular weight excluding hydrogens is 996 g/mol. The minimum Gasteiger partial charge on any atom is -0.387 e. The normalized spacial score (nSPS) is 14.7. The van der Waals surface area contributed by atoms with E-state index in [4.69, 9.17) is 9.05 Å². The maximum absolute atomic E-state index is 13.0. The Morgan fingerprint density at radius 1 is 0.443 bits per heavy atom. The summed E-state index contributed by atoms with van der Waals surface area (Å²) in [5.74, 6) is -0.197. The molecule has 0 aliphatic carbocycles. The van der Waals surface area contributed by atoms with E-state index < -0.39 is 20.0 Å². The lowest BCUT2D eigenvalue weighted by molar-refractivity contribution is -0.870. The van der Waals surface area contributed by atoms with Crippen molar-refractivity contribution in [1.82, 2.24) is 5.32 Å². The summed E-state index contributed by atoms with van der Waals surface area (Å²) >= 11 is 0. The van der Waals surface area contributed by atoms with Gasteiger partial charge in [0.2, 0.25) is 5.91 Å². The van der Waals surface area contributed by atoms with Gasteiger partial charge in [-0.15, -0.1) is 0 Å². The lowest BCUT2D eigenvalue weighted by Gasteiger charge is -2.25. The molecule has 452 valence electrons. The summed E-state index contributed by atoms with van der Waals surface area (Å²) in [6.07, 6.45) is 90.0. The topological polar surface area (TPSA) is 105 Å². The van der Waals surface area contributed by atoms with Crippen LogP contribution in [0.1, 0.15) is 251 Å². The van der Waals surface area contributed by atoms with Gasteiger partial charge in [-0.25, -0.2) is 4.57 Å². The van der Waals surface area contributed by atoms with Crippen LogP contribution in [-0.4, -0.2) is 73.4 Å². The maximum Gasteiger partial charge on any atom is 0.472 e. The van der Waals surface area contributed by atoms with Crippen molar-refractivity contribution in [3.63, 3.8) is 0 Å². The first-order valence-electron chi connectivity index (χ1n) is 32.1. The number of carbonyl (C=O) groups is 1. The Hall–Kier alpha value is -3.36. The Morgan fingerprint density at radius 2 is 0.772 bits per heavy atom. The third-order valence-corrected chi connectivity index (χ3v) is 14.6. The van der Waals surface area contributed by atoms with Gasteiger partial charge in [-0.2, -0.15) is 0 Å². The van der Waals surface area contributed by atoms with Gasteiger partial charge in [-0.1, -0.05) is 270 Å². The highest BCUT2D eigenvalue weighted by atomic mass is 31.2. The average molecular weight is 1120 g/mol. The zero-order valence-electron chi connectivity index (χ0n) is 51.6. The fourth-order valence-electron chi connectivity index (χ4n) is 8.62. The van der Waals surface area contributed by atoms with E-state index in [0.29, 0.717) is 17.4 Å². The van der Waals surface area contributed by atoms with E-state index in [1.807, 2.05) is 27.2 Å². The van der Waals surface area contributed by atoms with E-state index >= 15 is 0 Å². The average Bonchev–Trinajstić information content (AvgIpc) is 3.42. The largest absolute Gasteiger partial charge is 0.472 e. The standard InChI is InChI=1S/C70H121N2O6P/c1-6-8-10-12-14-16-18-20-22-24-26-28-29-30-31-32-33-34-35-36-37-38-39-40-41-42-43-44-46-48-50-52-54-56-58-60-62-64-70(74)71-68(67-78-79(75,76)77-66-65-72(3,4)5)69(73)63-61-59-57-55-53-51-49-47-45-27-25-23-21-19-17-15-13-11-9-7-2/h8,10,14,16,20,22,26,28,30-31,33-34,36-37,39-40,45,47,53,55,61,63,68-69,73H,6-7,9,11-13,15,17-19,21,23-25,27,29,32,35,38,41-44,46,48-52,54,56-60,62,64-67H2,1-5H3,(H-,71,74,75,76)/p+1/b10-8-,16-14-,22-20-,28-26-,31-30-,34-33-,37-36-,40-39-,47-45+,55-53+,63-61+. The van der Waals surface area contributed by atoms with Crippen LogP contribution in [0.15, 0.2) is 134 Å². The minimum absolute atomic E-state index is 0.0474. The summed E-state index contributed by atoms with van der Waals surface area (Å²) < 4.78 is 23.7. The quantitative estimate of drug-likeness (QED) is 0.0243. The van der Waals surface area contributed by atoms with E-state index in [9.17, 15) is 19.4 Å². The first kappa shape index (κ1) is 75.6. The zero-order valence-corrected chi connectivity index (χ0v) is 52.5. The number of nitrogens with one attached hydrogen (secondary N) is 1. The van der Waals surface area contributed by atoms with Gasteiger partial charge < -0.3 is 19.8 Å². The number of rotatable bonds is 57. The third-order valence-electron chi connectivity index (χ3n) is 13.6. The molecule has 0 spiro atoms. The number of allylic oxidation sites excluding steroid dienone is 21. The molecule has 0 heterocycles. The third kappa shape index (κ3) is 62.1. The number of hydrogen-bond acceptors (Lipinski definition) is 5. The van der Waals surface area contributed by atoms with E-state index in [0.717, 1.165) is 96.3 Å². The van der Waals surface area contributed by atoms with Crippen molar-refractivity contribution in [3.8, 4) is 0 Å². The van der Waals surface area contributed by atoms with Gasteiger partial charge in [0, 0.05) is 6.42 Å². The molecule has 0 saturated heterocycles. The van der Waals surface area contributed by atoms with E-state index in [2.05, 4.69) is 141 Å². The van der Waals surface area contributed by atoms with Crippen LogP contribution >= 0.6 is 7.82 Å². The Labute approximate surface area is 487 Å². The molecule has 0 aliphatic heterocycles. The molecule has 0 radical (unpaired) electrons. The van der Waals surface area contributed by atoms with Crippen LogP contribution in [0.5, 0.6) is 0 Å². The number of phosphoric ester groups is 1. The number of nitrogens with zero attached hydrogens (tertiary/aromatic N) is 1. The zero-order chi connectivity index (χ0) is 57.7. The summed E-state index contributed by atoms with van der Waals surface area (Å²) in [6, 6.07) is -0.880. The van der Waals surface area contributed by atoms with Crippen molar-refractivity contribution in [2.24, 2.45) is 0 Å². The molecule has 3 atom stereocenters. The van der Waals surface area contributed by atoms with Crippen LogP contribution in [0.4, 0.5) is 0 Å². The van der Waals surface area contributed by atoms with Gasteiger partial charge in [0.25, 0.3) is 0 Å². The molecule has 0 saturated carbocycles. The predicted octanol–water partition coefficient (Wildman–Crippen LogP) is 20.3. The molecule has 0 aromatic carbocycles. The van der Waals surface area contributed by atoms with Crippen LogP contribution in [0, 0.1) is 0 Å². The predicted molar refractivity (Wildman–Crippen MR) is 345 cm³/mol. The molecule has 79 heavy (non-hydrogen) atoms. The highest BCUT2D eigenvalue weighted by Crippen LogP contribution is 2.43. The van der Waals surface area contributed by atoms with Gasteiger partial charge >= 0.3 is 7.82 Å². The number of likely N-dealkylation sites (N-methyl/N-ethyl adjacent to an activating group) is 1. The summed E-state index contributed by atoms with van der Waals surface area (Å²) in [5, 5.41) is 13.9. The molecule has 8 nitrogen and oxygen atoms in total. The van der Waals surface area contributed by atoms with Gasteiger partial charge in [0.05, 0.1) is 39.9 Å². The molecular formula is C70H122N2O6P+. The second kappa shape index (κ2) is 59.3. The molecule has 0 aliphatic rings. The summed E-state index contributed by atoms with van der Waals surface area (Å²) in [4.78, 5) is 23.4. The molecule has 0 rings (SSSR count). The van der Waals surface area contributed by atoms with E-state index in [1.165, 1.54) is 135 Å². The summed E-state index contributed by atoms with van der Waals surface area (Å²) in [7, 11) is 1.53. The SMILES string of the molecule is CC/C=C\C/C=C\C/C=C\C/C=C\C/C=C\C/C=C\C/C=C\C/C=C\CCCCCCCCCCCCCCC(=O)NC(COP(=O)(O)OCC[N+](C)(C)C)C(O)/C=C/CC/C=C/CC/C=C/CCCCCCCCCCCC.